The average molecular weight is 633 g/mol. The predicted octanol–water partition coefficient (Wildman–Crippen LogP) is 12.7. The summed E-state index contributed by atoms with van der Waals surface area (Å²) in [6.07, 6.45) is 0. The zero-order valence-corrected chi connectivity index (χ0v) is 26.7. The molecule has 4 heteroatoms. The van der Waals surface area contributed by atoms with Gasteiger partial charge in [-0.15, -0.1) is 22.7 Å². The molecular weight excluding hydrogens is 609 g/mol. The Morgan fingerprint density at radius 3 is 1.89 bits per heavy atom. The molecule has 7 aromatic carbocycles. The van der Waals surface area contributed by atoms with Gasteiger partial charge in [0, 0.05) is 56.7 Å². The first kappa shape index (κ1) is 26.5. The molecule has 0 spiro atoms. The molecule has 3 aromatic heterocycles. The summed E-state index contributed by atoms with van der Waals surface area (Å²) in [6.45, 7) is 0. The number of fused-ring (bicyclic) bond motifs is 10. The Morgan fingerprint density at radius 2 is 1.13 bits per heavy atom. The molecule has 0 saturated heterocycles. The smallest absolute Gasteiger partial charge is 0.0991 e. The first-order valence-corrected chi connectivity index (χ1v) is 17.3. The van der Waals surface area contributed by atoms with Gasteiger partial charge in [-0.3, -0.25) is 0 Å². The normalized spacial score (nSPS) is 11.8. The lowest BCUT2D eigenvalue weighted by Gasteiger charge is -2.15. The Kier molecular flexibility index (Phi) is 5.71. The number of thiophene rings is 2. The monoisotopic (exact) mass is 632 g/mol. The maximum absolute atomic E-state index is 9.98. The molecule has 10 rings (SSSR count). The lowest BCUT2D eigenvalue weighted by Crippen LogP contribution is -1.98. The number of aromatic nitrogens is 1. The van der Waals surface area contributed by atoms with Crippen molar-refractivity contribution in [1.82, 2.24) is 4.57 Å². The van der Waals surface area contributed by atoms with E-state index in [1.54, 1.807) is 0 Å². The summed E-state index contributed by atoms with van der Waals surface area (Å²) in [6, 6.07) is 54.6. The van der Waals surface area contributed by atoms with Crippen LogP contribution in [0.2, 0.25) is 0 Å². The minimum Gasteiger partial charge on any atom is -0.309 e. The van der Waals surface area contributed by atoms with Crippen LogP contribution in [0.25, 0.3) is 90.1 Å². The van der Waals surface area contributed by atoms with Crippen LogP contribution in [0.5, 0.6) is 0 Å². The van der Waals surface area contributed by atoms with Crippen molar-refractivity contribution in [3.05, 3.63) is 151 Å². The minimum absolute atomic E-state index is 0.654. The Morgan fingerprint density at radius 1 is 0.468 bits per heavy atom. The third kappa shape index (κ3) is 3.95. The largest absolute Gasteiger partial charge is 0.309 e. The standard InChI is InChI=1S/C43H24N2S2/c44-25-26-14-18-38(45-36-12-6-4-10-30(36)31-11-5-7-13-37(31)45)33(22-26)29-16-20-40-35(24-29)42-41(46-40)21-17-32-34-23-28(27-8-2-1-3-9-27)15-19-39(34)47-43(32)42/h1-24H. The van der Waals surface area contributed by atoms with E-state index in [-0.39, 0.29) is 0 Å². The van der Waals surface area contributed by atoms with Crippen LogP contribution in [-0.2, 0) is 0 Å². The predicted molar refractivity (Wildman–Crippen MR) is 202 cm³/mol. The Bertz CT molecular complexity index is 2860. The Hall–Kier alpha value is -5.73. The highest BCUT2D eigenvalue weighted by atomic mass is 32.1. The van der Waals surface area contributed by atoms with Crippen molar-refractivity contribution in [1.29, 1.82) is 5.26 Å². The van der Waals surface area contributed by atoms with Gasteiger partial charge in [0.1, 0.15) is 0 Å². The molecule has 0 aliphatic rings. The van der Waals surface area contributed by atoms with Gasteiger partial charge in [-0.05, 0) is 77.4 Å². The highest BCUT2D eigenvalue weighted by Crippen LogP contribution is 2.46. The van der Waals surface area contributed by atoms with Crippen molar-refractivity contribution >= 4 is 84.8 Å². The molecule has 218 valence electrons. The second-order valence-corrected chi connectivity index (χ2v) is 14.2. The lowest BCUT2D eigenvalue weighted by molar-refractivity contribution is 1.18. The van der Waals surface area contributed by atoms with Gasteiger partial charge >= 0.3 is 0 Å². The maximum Gasteiger partial charge on any atom is 0.0991 e. The summed E-state index contributed by atoms with van der Waals surface area (Å²) < 4.78 is 7.56. The molecule has 0 fully saturated rings. The van der Waals surface area contributed by atoms with E-state index in [2.05, 4.69) is 150 Å². The van der Waals surface area contributed by atoms with E-state index in [9.17, 15) is 5.26 Å². The number of rotatable bonds is 3. The van der Waals surface area contributed by atoms with Crippen molar-refractivity contribution in [2.75, 3.05) is 0 Å². The van der Waals surface area contributed by atoms with Gasteiger partial charge in [-0.25, -0.2) is 0 Å². The molecule has 2 nitrogen and oxygen atoms in total. The first-order chi connectivity index (χ1) is 23.2. The minimum atomic E-state index is 0.654. The molecule has 10 aromatic rings. The third-order valence-corrected chi connectivity index (χ3v) is 11.8. The van der Waals surface area contributed by atoms with Gasteiger partial charge < -0.3 is 4.57 Å². The molecule has 0 amide bonds. The molecule has 0 saturated carbocycles. The van der Waals surface area contributed by atoms with Crippen molar-refractivity contribution in [3.8, 4) is 34.0 Å². The summed E-state index contributed by atoms with van der Waals surface area (Å²) in [7, 11) is 0. The molecule has 0 aliphatic heterocycles. The highest BCUT2D eigenvalue weighted by molar-refractivity contribution is 7.29. The van der Waals surface area contributed by atoms with Crippen LogP contribution in [0.4, 0.5) is 0 Å². The second-order valence-electron chi connectivity index (χ2n) is 12.0. The number of para-hydroxylation sites is 2. The number of nitrogens with zero attached hydrogens (tertiary/aromatic N) is 2. The first-order valence-electron chi connectivity index (χ1n) is 15.7. The van der Waals surface area contributed by atoms with Gasteiger partial charge in [0.15, 0.2) is 0 Å². The summed E-state index contributed by atoms with van der Waals surface area (Å²) in [5, 5.41) is 17.6. The van der Waals surface area contributed by atoms with E-state index in [1.807, 2.05) is 28.7 Å². The average Bonchev–Trinajstić information content (AvgIpc) is 3.80. The van der Waals surface area contributed by atoms with Crippen molar-refractivity contribution in [2.45, 2.75) is 0 Å². The molecule has 0 radical (unpaired) electrons. The van der Waals surface area contributed by atoms with Crippen LogP contribution in [0, 0.1) is 11.3 Å². The van der Waals surface area contributed by atoms with E-state index in [4.69, 9.17) is 0 Å². The molecule has 47 heavy (non-hydrogen) atoms. The van der Waals surface area contributed by atoms with Gasteiger partial charge in [0.2, 0.25) is 0 Å². The van der Waals surface area contributed by atoms with Crippen molar-refractivity contribution in [3.63, 3.8) is 0 Å². The van der Waals surface area contributed by atoms with Crippen LogP contribution in [0.15, 0.2) is 146 Å². The molecular formula is C43H24N2S2. The summed E-state index contributed by atoms with van der Waals surface area (Å²) >= 11 is 3.74. The highest BCUT2D eigenvalue weighted by Gasteiger charge is 2.18. The van der Waals surface area contributed by atoms with Crippen LogP contribution in [-0.4, -0.2) is 4.57 Å². The second kappa shape index (κ2) is 10.1. The molecule has 3 heterocycles. The Balaban J connectivity index is 1.23. The zero-order valence-electron chi connectivity index (χ0n) is 25.1. The molecule has 0 N–H and O–H groups in total. The molecule has 0 aliphatic carbocycles. The van der Waals surface area contributed by atoms with Crippen LogP contribution >= 0.6 is 22.7 Å². The maximum atomic E-state index is 9.98. The topological polar surface area (TPSA) is 28.7 Å². The van der Waals surface area contributed by atoms with Gasteiger partial charge in [0.05, 0.1) is 28.4 Å². The summed E-state index contributed by atoms with van der Waals surface area (Å²) in [5.41, 5.74) is 8.67. The van der Waals surface area contributed by atoms with E-state index < -0.39 is 0 Å². The van der Waals surface area contributed by atoms with E-state index in [0.717, 1.165) is 27.8 Å². The van der Waals surface area contributed by atoms with Crippen LogP contribution < -0.4 is 0 Å². The summed E-state index contributed by atoms with van der Waals surface area (Å²) in [5.74, 6) is 0. The SMILES string of the molecule is N#Cc1ccc(-n2c3ccccc3c3ccccc32)c(-c2ccc3sc4ccc5c6cc(-c7ccccc7)ccc6sc5c4c3c2)c1. The fraction of sp³-hybridized carbons (Fsp3) is 0. The quantitative estimate of drug-likeness (QED) is 0.190. The number of benzene rings is 7. The van der Waals surface area contributed by atoms with Gasteiger partial charge in [-0.1, -0.05) is 84.9 Å². The zero-order chi connectivity index (χ0) is 31.1. The summed E-state index contributed by atoms with van der Waals surface area (Å²) in [4.78, 5) is 0. The van der Waals surface area contributed by atoms with E-state index in [1.165, 1.54) is 62.2 Å². The number of hydrogen-bond donors (Lipinski definition) is 0. The van der Waals surface area contributed by atoms with E-state index >= 15 is 0 Å². The fourth-order valence-corrected chi connectivity index (χ4v) is 9.69. The van der Waals surface area contributed by atoms with Crippen molar-refractivity contribution in [2.24, 2.45) is 0 Å². The van der Waals surface area contributed by atoms with Gasteiger partial charge in [-0.2, -0.15) is 5.26 Å². The van der Waals surface area contributed by atoms with Crippen molar-refractivity contribution < 1.29 is 0 Å². The fourth-order valence-electron chi connectivity index (χ4n) is 7.29. The number of hydrogen-bond acceptors (Lipinski definition) is 3. The third-order valence-electron chi connectivity index (χ3n) is 9.43. The van der Waals surface area contributed by atoms with Gasteiger partial charge in [0.25, 0.3) is 0 Å². The van der Waals surface area contributed by atoms with E-state index in [0.29, 0.717) is 5.56 Å². The molecule has 0 unspecified atom stereocenters. The Labute approximate surface area is 278 Å². The van der Waals surface area contributed by atoms with Crippen LogP contribution in [0.3, 0.4) is 0 Å². The number of nitriles is 1. The molecule has 0 atom stereocenters. The lowest BCUT2D eigenvalue weighted by atomic mass is 9.98. The molecule has 0 bridgehead atoms. The van der Waals surface area contributed by atoms with Crippen LogP contribution in [0.1, 0.15) is 5.56 Å².